The van der Waals surface area contributed by atoms with Gasteiger partial charge in [-0.25, -0.2) is 0 Å². The summed E-state index contributed by atoms with van der Waals surface area (Å²) in [6.45, 7) is 7.90. The van der Waals surface area contributed by atoms with E-state index in [1.807, 2.05) is 39.0 Å². The molecule has 0 amide bonds. The van der Waals surface area contributed by atoms with Gasteiger partial charge in [-0.1, -0.05) is 17.7 Å². The number of esters is 1. The van der Waals surface area contributed by atoms with E-state index in [0.29, 0.717) is 13.0 Å². The Labute approximate surface area is 121 Å². The number of rotatable bonds is 6. The van der Waals surface area contributed by atoms with Crippen LogP contribution in [0, 0.1) is 12.3 Å². The van der Waals surface area contributed by atoms with Crippen molar-refractivity contribution < 1.29 is 14.3 Å². The molecule has 0 saturated carbocycles. The summed E-state index contributed by atoms with van der Waals surface area (Å²) >= 11 is 0. The van der Waals surface area contributed by atoms with Crippen molar-refractivity contribution in [3.8, 4) is 5.75 Å². The number of aryl methyl sites for hydroxylation is 1. The summed E-state index contributed by atoms with van der Waals surface area (Å²) in [6.07, 6.45) is 0.506. The average molecular weight is 279 g/mol. The van der Waals surface area contributed by atoms with Gasteiger partial charge in [0, 0.05) is 11.6 Å². The Morgan fingerprint density at radius 1 is 1.40 bits per heavy atom. The molecule has 20 heavy (non-hydrogen) atoms. The maximum atomic E-state index is 11.9. The van der Waals surface area contributed by atoms with Gasteiger partial charge >= 0.3 is 5.97 Å². The number of hydrogen-bond acceptors (Lipinski definition) is 4. The lowest BCUT2D eigenvalue weighted by Crippen LogP contribution is -2.31. The predicted octanol–water partition coefficient (Wildman–Crippen LogP) is 2.98. The third-order valence-corrected chi connectivity index (χ3v) is 3.34. The topological polar surface area (TPSA) is 61.5 Å². The monoisotopic (exact) mass is 279 g/mol. The number of hydrogen-bond donors (Lipinski definition) is 1. The minimum absolute atomic E-state index is 0.220. The first-order valence-electron chi connectivity index (χ1n) is 6.89. The zero-order valence-corrected chi connectivity index (χ0v) is 13.0. The van der Waals surface area contributed by atoms with Crippen LogP contribution in [0.4, 0.5) is 0 Å². The first-order valence-corrected chi connectivity index (χ1v) is 6.89. The molecule has 4 nitrogen and oxygen atoms in total. The molecule has 1 rings (SSSR count). The molecule has 0 radical (unpaired) electrons. The number of carbonyl (C=O) groups excluding carboxylic acids is 1. The van der Waals surface area contributed by atoms with Crippen molar-refractivity contribution in [1.29, 1.82) is 0 Å². The smallest absolute Gasteiger partial charge is 0.311 e. The molecule has 0 aliphatic carbocycles. The van der Waals surface area contributed by atoms with Crippen LogP contribution in [-0.4, -0.2) is 19.7 Å². The Balaban J connectivity index is 2.93. The molecule has 1 aromatic rings. The van der Waals surface area contributed by atoms with Gasteiger partial charge in [0.05, 0.1) is 19.1 Å². The van der Waals surface area contributed by atoms with Crippen molar-refractivity contribution in [1.82, 2.24) is 0 Å². The fourth-order valence-electron chi connectivity index (χ4n) is 2.21. The van der Waals surface area contributed by atoms with Crippen molar-refractivity contribution in [3.05, 3.63) is 29.3 Å². The fraction of sp³-hybridized carbons (Fsp3) is 0.562. The minimum Gasteiger partial charge on any atom is -0.496 e. The van der Waals surface area contributed by atoms with E-state index < -0.39 is 5.41 Å². The van der Waals surface area contributed by atoms with E-state index in [0.717, 1.165) is 16.9 Å². The molecule has 0 saturated heterocycles. The molecule has 2 N–H and O–H groups in total. The van der Waals surface area contributed by atoms with Crippen molar-refractivity contribution in [2.75, 3.05) is 13.7 Å². The van der Waals surface area contributed by atoms with Crippen LogP contribution >= 0.6 is 0 Å². The molecule has 1 unspecified atom stereocenters. The van der Waals surface area contributed by atoms with Gasteiger partial charge in [-0.15, -0.1) is 0 Å². The van der Waals surface area contributed by atoms with Crippen LogP contribution in [0.5, 0.6) is 5.75 Å². The zero-order valence-electron chi connectivity index (χ0n) is 13.0. The number of ether oxygens (including phenoxy) is 2. The normalized spacial score (nSPS) is 12.9. The summed E-state index contributed by atoms with van der Waals surface area (Å²) in [7, 11) is 1.62. The molecule has 0 aliphatic rings. The molecule has 0 spiro atoms. The number of carbonyl (C=O) groups is 1. The summed E-state index contributed by atoms with van der Waals surface area (Å²) < 4.78 is 10.4. The zero-order chi connectivity index (χ0) is 15.3. The molecule has 4 heteroatoms. The second-order valence-corrected chi connectivity index (χ2v) is 5.66. The maximum absolute atomic E-state index is 11.9. The molecule has 0 fully saturated rings. The molecule has 0 bridgehead atoms. The first kappa shape index (κ1) is 16.5. The fourth-order valence-corrected chi connectivity index (χ4v) is 2.21. The second-order valence-electron chi connectivity index (χ2n) is 5.66. The van der Waals surface area contributed by atoms with Gasteiger partial charge in [0.2, 0.25) is 0 Å². The van der Waals surface area contributed by atoms with Crippen LogP contribution in [0.2, 0.25) is 0 Å². The minimum atomic E-state index is -0.621. The highest BCUT2D eigenvalue weighted by Gasteiger charge is 2.32. The quantitative estimate of drug-likeness (QED) is 0.813. The highest BCUT2D eigenvalue weighted by Crippen LogP contribution is 2.34. The molecule has 1 atom stereocenters. The molecule has 0 aliphatic heterocycles. The number of nitrogens with two attached hydrogens (primary N) is 1. The molecular weight excluding hydrogens is 254 g/mol. The van der Waals surface area contributed by atoms with Crippen LogP contribution in [0.15, 0.2) is 18.2 Å². The third-order valence-electron chi connectivity index (χ3n) is 3.34. The van der Waals surface area contributed by atoms with Crippen molar-refractivity contribution in [2.24, 2.45) is 11.1 Å². The Bertz CT molecular complexity index is 469. The van der Waals surface area contributed by atoms with Crippen LogP contribution in [-0.2, 0) is 9.53 Å². The standard InChI is InChI=1S/C16H25NO3/c1-6-20-15(18)16(3,4)10-13(17)12-9-11(2)7-8-14(12)19-5/h7-9,13H,6,10,17H2,1-5H3. The van der Waals surface area contributed by atoms with Crippen molar-refractivity contribution in [3.63, 3.8) is 0 Å². The lowest BCUT2D eigenvalue weighted by Gasteiger charge is -2.26. The van der Waals surface area contributed by atoms with E-state index in [-0.39, 0.29) is 12.0 Å². The van der Waals surface area contributed by atoms with E-state index in [1.165, 1.54) is 0 Å². The van der Waals surface area contributed by atoms with Crippen LogP contribution in [0.1, 0.15) is 44.4 Å². The summed E-state index contributed by atoms with van der Waals surface area (Å²) in [5.41, 5.74) is 7.69. The van der Waals surface area contributed by atoms with Gasteiger partial charge in [0.1, 0.15) is 5.75 Å². The first-order chi connectivity index (χ1) is 9.31. The van der Waals surface area contributed by atoms with E-state index in [9.17, 15) is 4.79 Å². The van der Waals surface area contributed by atoms with Crippen LogP contribution in [0.3, 0.4) is 0 Å². The van der Waals surface area contributed by atoms with Gasteiger partial charge in [-0.3, -0.25) is 4.79 Å². The number of benzene rings is 1. The molecule has 1 aromatic carbocycles. The Morgan fingerprint density at radius 3 is 2.60 bits per heavy atom. The summed E-state index contributed by atoms with van der Waals surface area (Å²) in [5.74, 6) is 0.532. The third kappa shape index (κ3) is 3.97. The molecular formula is C16H25NO3. The molecule has 112 valence electrons. The summed E-state index contributed by atoms with van der Waals surface area (Å²) in [5, 5.41) is 0. The van der Waals surface area contributed by atoms with Gasteiger partial charge < -0.3 is 15.2 Å². The van der Waals surface area contributed by atoms with E-state index >= 15 is 0 Å². The maximum Gasteiger partial charge on any atom is 0.311 e. The largest absolute Gasteiger partial charge is 0.496 e. The van der Waals surface area contributed by atoms with Gasteiger partial charge in [0.25, 0.3) is 0 Å². The summed E-state index contributed by atoms with van der Waals surface area (Å²) in [4.78, 5) is 11.9. The Morgan fingerprint density at radius 2 is 2.05 bits per heavy atom. The van der Waals surface area contributed by atoms with Gasteiger partial charge in [-0.05, 0) is 40.2 Å². The highest BCUT2D eigenvalue weighted by molar-refractivity contribution is 5.76. The lowest BCUT2D eigenvalue weighted by atomic mass is 9.83. The van der Waals surface area contributed by atoms with E-state index in [4.69, 9.17) is 15.2 Å². The predicted molar refractivity (Wildman–Crippen MR) is 79.7 cm³/mol. The van der Waals surface area contributed by atoms with Gasteiger partial charge in [0.15, 0.2) is 0 Å². The van der Waals surface area contributed by atoms with E-state index in [2.05, 4.69) is 0 Å². The van der Waals surface area contributed by atoms with Crippen molar-refractivity contribution >= 4 is 5.97 Å². The Hall–Kier alpha value is -1.55. The average Bonchev–Trinajstić information content (AvgIpc) is 2.38. The highest BCUT2D eigenvalue weighted by atomic mass is 16.5. The lowest BCUT2D eigenvalue weighted by molar-refractivity contribution is -0.154. The summed E-state index contributed by atoms with van der Waals surface area (Å²) in [6, 6.07) is 5.61. The SMILES string of the molecule is CCOC(=O)C(C)(C)CC(N)c1cc(C)ccc1OC. The van der Waals surface area contributed by atoms with Crippen molar-refractivity contribution in [2.45, 2.75) is 40.2 Å². The van der Waals surface area contributed by atoms with E-state index in [1.54, 1.807) is 14.0 Å². The van der Waals surface area contributed by atoms with Gasteiger partial charge in [-0.2, -0.15) is 0 Å². The molecule has 0 heterocycles. The van der Waals surface area contributed by atoms with Crippen LogP contribution in [0.25, 0.3) is 0 Å². The Kier molecular flexibility index (Phi) is 5.57. The van der Waals surface area contributed by atoms with Crippen LogP contribution < -0.4 is 10.5 Å². The molecule has 0 aromatic heterocycles. The number of methoxy groups -OCH3 is 1. The second kappa shape index (κ2) is 6.75.